The molecular formula is C17H19BrN4O2. The van der Waals surface area contributed by atoms with Gasteiger partial charge in [-0.3, -0.25) is 9.48 Å². The van der Waals surface area contributed by atoms with Crippen LogP contribution in [-0.4, -0.2) is 20.3 Å². The van der Waals surface area contributed by atoms with E-state index in [1.54, 1.807) is 12.1 Å². The normalized spacial score (nSPS) is 11.2. The van der Waals surface area contributed by atoms with E-state index in [0.29, 0.717) is 29.0 Å². The van der Waals surface area contributed by atoms with Crippen molar-refractivity contribution in [2.75, 3.05) is 0 Å². The Morgan fingerprint density at radius 2 is 2.21 bits per heavy atom. The molecule has 3 rings (SSSR count). The molecule has 0 saturated heterocycles. The molecular weight excluding hydrogens is 372 g/mol. The van der Waals surface area contributed by atoms with Crippen LogP contribution in [-0.2, 0) is 20.1 Å². The van der Waals surface area contributed by atoms with Gasteiger partial charge in [0.15, 0.2) is 10.3 Å². The molecule has 0 atom stereocenters. The summed E-state index contributed by atoms with van der Waals surface area (Å²) in [6.45, 7) is 8.67. The Morgan fingerprint density at radius 1 is 1.46 bits per heavy atom. The predicted molar refractivity (Wildman–Crippen MR) is 96.0 cm³/mol. The maximum absolute atomic E-state index is 12.6. The minimum absolute atomic E-state index is 0.151. The number of nitrogens with one attached hydrogen (secondary N) is 1. The highest BCUT2D eigenvalue weighted by molar-refractivity contribution is 9.10. The summed E-state index contributed by atoms with van der Waals surface area (Å²) in [5.41, 5.74) is 5.10. The minimum Gasteiger partial charge on any atom is -0.448 e. The molecule has 0 spiro atoms. The van der Waals surface area contributed by atoms with Gasteiger partial charge in [0.25, 0.3) is 5.91 Å². The molecule has 0 fully saturated rings. The van der Waals surface area contributed by atoms with Crippen LogP contribution in [0.5, 0.6) is 0 Å². The molecule has 0 unspecified atom stereocenters. The van der Waals surface area contributed by atoms with E-state index < -0.39 is 0 Å². The van der Waals surface area contributed by atoms with Gasteiger partial charge in [0.05, 0.1) is 11.2 Å². The van der Waals surface area contributed by atoms with Crippen molar-refractivity contribution in [3.63, 3.8) is 0 Å². The number of rotatable bonds is 5. The molecule has 1 N–H and O–H groups in total. The SMILES string of the molecule is C=CCn1c(C(=O)NCc2c(C)nn(C)c2C)cc2oc(Br)cc21. The van der Waals surface area contributed by atoms with E-state index in [9.17, 15) is 4.79 Å². The van der Waals surface area contributed by atoms with Crippen molar-refractivity contribution < 1.29 is 9.21 Å². The zero-order valence-corrected chi connectivity index (χ0v) is 15.5. The van der Waals surface area contributed by atoms with Gasteiger partial charge in [0.2, 0.25) is 0 Å². The van der Waals surface area contributed by atoms with Crippen molar-refractivity contribution in [1.82, 2.24) is 19.7 Å². The molecule has 0 aliphatic rings. The van der Waals surface area contributed by atoms with Crippen LogP contribution in [0.4, 0.5) is 0 Å². The molecule has 0 aliphatic heterocycles. The number of hydrogen-bond donors (Lipinski definition) is 1. The molecule has 0 aliphatic carbocycles. The third-order valence-corrected chi connectivity index (χ3v) is 4.58. The van der Waals surface area contributed by atoms with Gasteiger partial charge >= 0.3 is 0 Å². The van der Waals surface area contributed by atoms with Crippen LogP contribution >= 0.6 is 15.9 Å². The quantitative estimate of drug-likeness (QED) is 0.678. The van der Waals surface area contributed by atoms with Crippen molar-refractivity contribution >= 4 is 32.9 Å². The van der Waals surface area contributed by atoms with Crippen LogP contribution in [0.15, 0.2) is 33.9 Å². The fourth-order valence-electron chi connectivity index (χ4n) is 2.86. The Morgan fingerprint density at radius 3 is 2.83 bits per heavy atom. The van der Waals surface area contributed by atoms with Crippen molar-refractivity contribution in [2.45, 2.75) is 26.9 Å². The van der Waals surface area contributed by atoms with E-state index >= 15 is 0 Å². The number of amides is 1. The molecule has 24 heavy (non-hydrogen) atoms. The summed E-state index contributed by atoms with van der Waals surface area (Å²) >= 11 is 3.31. The Kier molecular flexibility index (Phi) is 4.36. The molecule has 3 heterocycles. The molecule has 0 bridgehead atoms. The van der Waals surface area contributed by atoms with Crippen LogP contribution in [0.2, 0.25) is 0 Å². The maximum Gasteiger partial charge on any atom is 0.268 e. The first-order valence-electron chi connectivity index (χ1n) is 7.59. The Hall–Kier alpha value is -2.28. The molecule has 3 aromatic heterocycles. The molecule has 0 saturated carbocycles. The fourth-order valence-corrected chi connectivity index (χ4v) is 3.25. The van der Waals surface area contributed by atoms with Crippen LogP contribution in [0, 0.1) is 13.8 Å². The van der Waals surface area contributed by atoms with Gasteiger partial charge in [-0.1, -0.05) is 6.08 Å². The van der Waals surface area contributed by atoms with E-state index in [1.807, 2.05) is 36.2 Å². The molecule has 0 radical (unpaired) electrons. The highest BCUT2D eigenvalue weighted by atomic mass is 79.9. The molecule has 7 heteroatoms. The van der Waals surface area contributed by atoms with Crippen molar-refractivity contribution in [1.29, 1.82) is 0 Å². The van der Waals surface area contributed by atoms with Gasteiger partial charge in [-0.15, -0.1) is 6.58 Å². The zero-order chi connectivity index (χ0) is 17.4. The lowest BCUT2D eigenvalue weighted by Crippen LogP contribution is -2.26. The van der Waals surface area contributed by atoms with Crippen LogP contribution in [0.1, 0.15) is 27.4 Å². The number of carbonyl (C=O) groups excluding carboxylic acids is 1. The first kappa shape index (κ1) is 16.6. The summed E-state index contributed by atoms with van der Waals surface area (Å²) in [7, 11) is 1.90. The smallest absolute Gasteiger partial charge is 0.268 e. The second-order valence-corrected chi connectivity index (χ2v) is 6.47. The van der Waals surface area contributed by atoms with Crippen molar-refractivity contribution in [3.05, 3.63) is 52.1 Å². The number of halogens is 1. The number of carbonyl (C=O) groups is 1. The Balaban J connectivity index is 1.87. The second-order valence-electron chi connectivity index (χ2n) is 5.68. The number of allylic oxidation sites excluding steroid dienone is 1. The second kappa shape index (κ2) is 6.32. The number of hydrogen-bond acceptors (Lipinski definition) is 3. The first-order chi connectivity index (χ1) is 11.4. The number of aryl methyl sites for hydroxylation is 2. The van der Waals surface area contributed by atoms with Crippen LogP contribution in [0.3, 0.4) is 0 Å². The van der Waals surface area contributed by atoms with Gasteiger partial charge in [-0.25, -0.2) is 0 Å². The van der Waals surface area contributed by atoms with E-state index in [0.717, 1.165) is 22.5 Å². The Bertz CT molecular complexity index is 932. The molecule has 6 nitrogen and oxygen atoms in total. The lowest BCUT2D eigenvalue weighted by Gasteiger charge is -2.09. The zero-order valence-electron chi connectivity index (χ0n) is 13.9. The largest absolute Gasteiger partial charge is 0.448 e. The van der Waals surface area contributed by atoms with Gasteiger partial charge in [0, 0.05) is 43.5 Å². The fraction of sp³-hybridized carbons (Fsp3) is 0.294. The van der Waals surface area contributed by atoms with Crippen LogP contribution in [0.25, 0.3) is 11.1 Å². The molecule has 3 aromatic rings. The van der Waals surface area contributed by atoms with Crippen LogP contribution < -0.4 is 5.32 Å². The third kappa shape index (κ3) is 2.80. The lowest BCUT2D eigenvalue weighted by atomic mass is 10.2. The lowest BCUT2D eigenvalue weighted by molar-refractivity contribution is 0.0942. The van der Waals surface area contributed by atoms with E-state index in [4.69, 9.17) is 4.42 Å². The molecule has 126 valence electrons. The average molecular weight is 391 g/mol. The van der Waals surface area contributed by atoms with E-state index in [2.05, 4.69) is 32.9 Å². The predicted octanol–water partition coefficient (Wildman–Crippen LogP) is 3.46. The van der Waals surface area contributed by atoms with Crippen molar-refractivity contribution in [3.8, 4) is 0 Å². The summed E-state index contributed by atoms with van der Waals surface area (Å²) in [6.07, 6.45) is 1.76. The summed E-state index contributed by atoms with van der Waals surface area (Å²) in [5, 5.41) is 7.34. The summed E-state index contributed by atoms with van der Waals surface area (Å²) < 4.78 is 9.90. The highest BCUT2D eigenvalue weighted by Gasteiger charge is 2.19. The van der Waals surface area contributed by atoms with Gasteiger partial charge in [-0.05, 0) is 29.8 Å². The number of fused-ring (bicyclic) bond motifs is 1. The van der Waals surface area contributed by atoms with Gasteiger partial charge in [0.1, 0.15) is 5.69 Å². The highest BCUT2D eigenvalue weighted by Crippen LogP contribution is 2.27. The number of aromatic nitrogens is 3. The van der Waals surface area contributed by atoms with Crippen molar-refractivity contribution in [2.24, 2.45) is 7.05 Å². The number of nitrogens with zero attached hydrogens (tertiary/aromatic N) is 3. The molecule has 1 amide bonds. The van der Waals surface area contributed by atoms with Gasteiger partial charge < -0.3 is 14.3 Å². The van der Waals surface area contributed by atoms with E-state index in [1.165, 1.54) is 0 Å². The minimum atomic E-state index is -0.151. The Labute approximate surface area is 148 Å². The first-order valence-corrected chi connectivity index (χ1v) is 8.38. The average Bonchev–Trinajstić information content (AvgIpc) is 3.11. The maximum atomic E-state index is 12.6. The summed E-state index contributed by atoms with van der Waals surface area (Å²) in [4.78, 5) is 12.6. The number of furan rings is 1. The monoisotopic (exact) mass is 390 g/mol. The summed E-state index contributed by atoms with van der Waals surface area (Å²) in [6, 6.07) is 3.60. The topological polar surface area (TPSA) is 65.0 Å². The standard InChI is InChI=1S/C17H19BrN4O2/c1-5-6-22-13-8-16(18)24-15(13)7-14(22)17(23)19-9-12-10(2)20-21(4)11(12)3/h5,7-8H,1,6,9H2,2-4H3,(H,19,23). The molecule has 0 aromatic carbocycles. The van der Waals surface area contributed by atoms with Gasteiger partial charge in [-0.2, -0.15) is 5.10 Å². The third-order valence-electron chi connectivity index (χ3n) is 4.19. The van der Waals surface area contributed by atoms with E-state index in [-0.39, 0.29) is 5.91 Å². The summed E-state index contributed by atoms with van der Waals surface area (Å²) in [5.74, 6) is -0.151.